The van der Waals surface area contributed by atoms with Gasteiger partial charge < -0.3 is 9.64 Å². The normalized spacial score (nSPS) is 15.0. The first-order chi connectivity index (χ1) is 13.7. The Balaban J connectivity index is 1.32. The molecular formula is C21H23N3O2S2. The minimum Gasteiger partial charge on any atom is -0.494 e. The van der Waals surface area contributed by atoms with Crippen molar-refractivity contribution in [3.05, 3.63) is 57.7 Å². The minimum absolute atomic E-state index is 0.154. The summed E-state index contributed by atoms with van der Waals surface area (Å²) in [6, 6.07) is 11.9. The minimum atomic E-state index is 0.154. The molecule has 4 rings (SSSR count). The second kappa shape index (κ2) is 8.86. The third-order valence-electron chi connectivity index (χ3n) is 4.74. The highest BCUT2D eigenvalue weighted by Gasteiger charge is 2.23. The molecule has 0 saturated carbocycles. The molecule has 0 aliphatic carbocycles. The Morgan fingerprint density at radius 2 is 1.89 bits per heavy atom. The molecule has 7 heteroatoms. The maximum Gasteiger partial charge on any atom is 0.264 e. The molecule has 1 aromatic carbocycles. The van der Waals surface area contributed by atoms with Crippen LogP contribution in [-0.2, 0) is 6.54 Å². The van der Waals surface area contributed by atoms with Gasteiger partial charge in [-0.1, -0.05) is 6.07 Å². The number of nitrogens with zero attached hydrogens (tertiary/aromatic N) is 3. The van der Waals surface area contributed by atoms with Crippen LogP contribution in [0.15, 0.2) is 47.2 Å². The Morgan fingerprint density at radius 3 is 2.57 bits per heavy atom. The number of hydrogen-bond donors (Lipinski definition) is 0. The Labute approximate surface area is 173 Å². The molecule has 0 unspecified atom stereocenters. The molecule has 2 aromatic heterocycles. The molecular weight excluding hydrogens is 390 g/mol. The van der Waals surface area contributed by atoms with E-state index in [1.165, 1.54) is 11.3 Å². The topological polar surface area (TPSA) is 45.7 Å². The van der Waals surface area contributed by atoms with Crippen molar-refractivity contribution >= 4 is 28.6 Å². The summed E-state index contributed by atoms with van der Waals surface area (Å²) < 4.78 is 5.50. The second-order valence-corrected chi connectivity index (χ2v) is 8.45. The molecule has 0 spiro atoms. The predicted octanol–water partition coefficient (Wildman–Crippen LogP) is 4.23. The van der Waals surface area contributed by atoms with E-state index >= 15 is 0 Å². The SMILES string of the molecule is CCOc1ccc(-c2nc(CN3CCN(C(=O)c4cccs4)CC3)cs2)cc1. The van der Waals surface area contributed by atoms with E-state index < -0.39 is 0 Å². The number of carbonyl (C=O) groups is 1. The zero-order chi connectivity index (χ0) is 19.3. The smallest absolute Gasteiger partial charge is 0.264 e. The summed E-state index contributed by atoms with van der Waals surface area (Å²) in [6.45, 7) is 6.79. The van der Waals surface area contributed by atoms with Crippen LogP contribution < -0.4 is 4.74 Å². The van der Waals surface area contributed by atoms with Crippen LogP contribution >= 0.6 is 22.7 Å². The van der Waals surface area contributed by atoms with Gasteiger partial charge in [-0.05, 0) is 42.6 Å². The van der Waals surface area contributed by atoms with Crippen molar-refractivity contribution in [3.8, 4) is 16.3 Å². The molecule has 146 valence electrons. The molecule has 0 radical (unpaired) electrons. The molecule has 3 aromatic rings. The molecule has 1 saturated heterocycles. The third-order valence-corrected chi connectivity index (χ3v) is 6.54. The van der Waals surface area contributed by atoms with Gasteiger partial charge in [0.05, 0.1) is 17.2 Å². The number of thiophene rings is 1. The molecule has 1 aliphatic rings. The zero-order valence-corrected chi connectivity index (χ0v) is 17.5. The maximum atomic E-state index is 12.4. The van der Waals surface area contributed by atoms with Crippen molar-refractivity contribution in [3.63, 3.8) is 0 Å². The third kappa shape index (κ3) is 4.43. The molecule has 28 heavy (non-hydrogen) atoms. The number of hydrogen-bond acceptors (Lipinski definition) is 6. The van der Waals surface area contributed by atoms with Gasteiger partial charge in [0.1, 0.15) is 10.8 Å². The molecule has 1 fully saturated rings. The predicted molar refractivity (Wildman–Crippen MR) is 114 cm³/mol. The lowest BCUT2D eigenvalue weighted by Gasteiger charge is -2.34. The van der Waals surface area contributed by atoms with E-state index in [9.17, 15) is 4.79 Å². The van der Waals surface area contributed by atoms with Crippen LogP contribution in [0.4, 0.5) is 0 Å². The first-order valence-corrected chi connectivity index (χ1v) is 11.2. The van der Waals surface area contributed by atoms with Gasteiger partial charge in [-0.15, -0.1) is 22.7 Å². The van der Waals surface area contributed by atoms with Gasteiger partial charge in [-0.3, -0.25) is 9.69 Å². The van der Waals surface area contributed by atoms with Gasteiger partial charge in [0, 0.05) is 43.7 Å². The number of carbonyl (C=O) groups excluding carboxylic acids is 1. The lowest BCUT2D eigenvalue weighted by molar-refractivity contribution is 0.0632. The number of benzene rings is 1. The number of piperazine rings is 1. The van der Waals surface area contributed by atoms with Crippen molar-refractivity contribution in [1.29, 1.82) is 0 Å². The van der Waals surface area contributed by atoms with E-state index in [1.807, 2.05) is 41.5 Å². The highest BCUT2D eigenvalue weighted by molar-refractivity contribution is 7.13. The fourth-order valence-electron chi connectivity index (χ4n) is 3.27. The molecule has 0 atom stereocenters. The van der Waals surface area contributed by atoms with Crippen molar-refractivity contribution in [2.45, 2.75) is 13.5 Å². The van der Waals surface area contributed by atoms with E-state index in [0.29, 0.717) is 6.61 Å². The van der Waals surface area contributed by atoms with Crippen LogP contribution in [0.2, 0.25) is 0 Å². The Morgan fingerprint density at radius 1 is 1.11 bits per heavy atom. The number of aromatic nitrogens is 1. The van der Waals surface area contributed by atoms with Crippen LogP contribution in [0, 0.1) is 0 Å². The summed E-state index contributed by atoms with van der Waals surface area (Å²) in [5.41, 5.74) is 2.21. The number of ether oxygens (including phenoxy) is 1. The van der Waals surface area contributed by atoms with Crippen molar-refractivity contribution in [2.24, 2.45) is 0 Å². The van der Waals surface area contributed by atoms with Crippen molar-refractivity contribution < 1.29 is 9.53 Å². The van der Waals surface area contributed by atoms with E-state index in [-0.39, 0.29) is 5.91 Å². The molecule has 0 bridgehead atoms. The summed E-state index contributed by atoms with van der Waals surface area (Å²) in [6.07, 6.45) is 0. The van der Waals surface area contributed by atoms with Crippen LogP contribution in [0.3, 0.4) is 0 Å². The average molecular weight is 414 g/mol. The van der Waals surface area contributed by atoms with Gasteiger partial charge in [-0.2, -0.15) is 0 Å². The Hall–Kier alpha value is -2.22. The van der Waals surface area contributed by atoms with E-state index in [0.717, 1.165) is 59.6 Å². The first-order valence-electron chi connectivity index (χ1n) is 9.45. The average Bonchev–Trinajstić information content (AvgIpc) is 3.41. The Kier molecular flexibility index (Phi) is 6.04. The standard InChI is InChI=1S/C21H23N3O2S2/c1-2-26-18-7-5-16(6-8-18)20-22-17(15-28-20)14-23-9-11-24(12-10-23)21(25)19-4-3-13-27-19/h3-8,13,15H,2,9-12,14H2,1H3. The van der Waals surface area contributed by atoms with Crippen LogP contribution in [0.25, 0.3) is 10.6 Å². The highest BCUT2D eigenvalue weighted by atomic mass is 32.1. The lowest BCUT2D eigenvalue weighted by Crippen LogP contribution is -2.48. The summed E-state index contributed by atoms with van der Waals surface area (Å²) in [5.74, 6) is 1.04. The summed E-state index contributed by atoms with van der Waals surface area (Å²) in [4.78, 5) is 22.4. The van der Waals surface area contributed by atoms with Gasteiger partial charge in [0.15, 0.2) is 0 Å². The van der Waals surface area contributed by atoms with Gasteiger partial charge in [0.25, 0.3) is 5.91 Å². The maximum absolute atomic E-state index is 12.4. The first kappa shape index (κ1) is 19.1. The van der Waals surface area contributed by atoms with Gasteiger partial charge in [-0.25, -0.2) is 4.98 Å². The molecule has 5 nitrogen and oxygen atoms in total. The quantitative estimate of drug-likeness (QED) is 0.607. The number of rotatable bonds is 6. The fourth-order valence-corrected chi connectivity index (χ4v) is 4.77. The largest absolute Gasteiger partial charge is 0.494 e. The monoisotopic (exact) mass is 413 g/mol. The second-order valence-electron chi connectivity index (χ2n) is 6.65. The van der Waals surface area contributed by atoms with Crippen LogP contribution in [0.5, 0.6) is 5.75 Å². The van der Waals surface area contributed by atoms with E-state index in [1.54, 1.807) is 11.3 Å². The van der Waals surface area contributed by atoms with Crippen molar-refractivity contribution in [1.82, 2.24) is 14.8 Å². The van der Waals surface area contributed by atoms with Crippen LogP contribution in [0.1, 0.15) is 22.3 Å². The molecule has 1 aliphatic heterocycles. The van der Waals surface area contributed by atoms with Gasteiger partial charge >= 0.3 is 0 Å². The fraction of sp³-hybridized carbons (Fsp3) is 0.333. The van der Waals surface area contributed by atoms with Crippen molar-refractivity contribution in [2.75, 3.05) is 32.8 Å². The van der Waals surface area contributed by atoms with Gasteiger partial charge in [0.2, 0.25) is 0 Å². The van der Waals surface area contributed by atoms with E-state index in [4.69, 9.17) is 9.72 Å². The lowest BCUT2D eigenvalue weighted by atomic mass is 10.2. The number of thiazole rings is 1. The highest BCUT2D eigenvalue weighted by Crippen LogP contribution is 2.26. The molecule has 1 amide bonds. The summed E-state index contributed by atoms with van der Waals surface area (Å²) in [7, 11) is 0. The van der Waals surface area contributed by atoms with E-state index in [2.05, 4.69) is 22.4 Å². The number of amides is 1. The summed E-state index contributed by atoms with van der Waals surface area (Å²) >= 11 is 3.18. The zero-order valence-electron chi connectivity index (χ0n) is 15.8. The Bertz CT molecular complexity index is 898. The molecule has 3 heterocycles. The summed E-state index contributed by atoms with van der Waals surface area (Å²) in [5, 5.41) is 5.12. The molecule has 0 N–H and O–H groups in total. The van der Waals surface area contributed by atoms with Crippen LogP contribution in [-0.4, -0.2) is 53.5 Å².